The molecule has 1 aromatic carbocycles. The van der Waals surface area contributed by atoms with Crippen LogP contribution in [0.4, 0.5) is 5.69 Å². The molecule has 2 rings (SSSR count). The van der Waals surface area contributed by atoms with Crippen molar-refractivity contribution in [2.45, 2.75) is 43.0 Å². The molecule has 0 aromatic heterocycles. The van der Waals surface area contributed by atoms with E-state index in [1.54, 1.807) is 12.1 Å². The zero-order chi connectivity index (χ0) is 12.3. The van der Waals surface area contributed by atoms with E-state index in [-0.39, 0.29) is 4.90 Å². The molecule has 1 aromatic rings. The molecular weight excluding hydrogens is 236 g/mol. The summed E-state index contributed by atoms with van der Waals surface area (Å²) in [4.78, 5) is 0.165. The Morgan fingerprint density at radius 1 is 1.18 bits per heavy atom. The highest BCUT2D eigenvalue weighted by Gasteiger charge is 2.14. The molecule has 0 heterocycles. The van der Waals surface area contributed by atoms with Gasteiger partial charge < -0.3 is 5.32 Å². The van der Waals surface area contributed by atoms with Gasteiger partial charge in [0.05, 0.1) is 4.90 Å². The van der Waals surface area contributed by atoms with E-state index in [1.807, 2.05) is 6.07 Å². The molecule has 0 bridgehead atoms. The van der Waals surface area contributed by atoms with Crippen LogP contribution >= 0.6 is 0 Å². The maximum Gasteiger partial charge on any atom is 0.238 e. The average molecular weight is 254 g/mol. The van der Waals surface area contributed by atoms with E-state index in [2.05, 4.69) is 5.32 Å². The lowest BCUT2D eigenvalue weighted by atomic mass is 9.95. The number of rotatable bonds is 3. The van der Waals surface area contributed by atoms with E-state index in [4.69, 9.17) is 5.14 Å². The molecule has 0 saturated heterocycles. The van der Waals surface area contributed by atoms with Gasteiger partial charge in [-0.2, -0.15) is 0 Å². The molecule has 0 aliphatic heterocycles. The van der Waals surface area contributed by atoms with Crippen LogP contribution in [0.1, 0.15) is 32.1 Å². The first kappa shape index (κ1) is 12.4. The summed E-state index contributed by atoms with van der Waals surface area (Å²) in [6.07, 6.45) is 6.09. The molecule has 94 valence electrons. The lowest BCUT2D eigenvalue weighted by molar-refractivity contribution is 0.462. The molecule has 1 saturated carbocycles. The van der Waals surface area contributed by atoms with Gasteiger partial charge in [0.2, 0.25) is 10.0 Å². The molecule has 1 aliphatic rings. The lowest BCUT2D eigenvalue weighted by Crippen LogP contribution is -2.22. The fourth-order valence-corrected chi connectivity index (χ4v) is 2.80. The summed E-state index contributed by atoms with van der Waals surface area (Å²) in [6.45, 7) is 0. The Morgan fingerprint density at radius 2 is 1.88 bits per heavy atom. The fourth-order valence-electron chi connectivity index (χ4n) is 2.25. The highest BCUT2D eigenvalue weighted by Crippen LogP contribution is 2.22. The molecule has 1 fully saturated rings. The second-order valence-electron chi connectivity index (χ2n) is 4.55. The van der Waals surface area contributed by atoms with Crippen molar-refractivity contribution in [1.82, 2.24) is 0 Å². The molecule has 17 heavy (non-hydrogen) atoms. The number of hydrogen-bond donors (Lipinski definition) is 2. The van der Waals surface area contributed by atoms with Gasteiger partial charge in [0.1, 0.15) is 0 Å². The molecule has 0 unspecified atom stereocenters. The molecule has 0 atom stereocenters. The quantitative estimate of drug-likeness (QED) is 0.867. The van der Waals surface area contributed by atoms with Crippen LogP contribution in [0.5, 0.6) is 0 Å². The summed E-state index contributed by atoms with van der Waals surface area (Å²) in [6, 6.07) is 7.17. The van der Waals surface area contributed by atoms with Crippen molar-refractivity contribution in [3.05, 3.63) is 24.3 Å². The first-order valence-corrected chi connectivity index (χ1v) is 7.50. The normalized spacial score (nSPS) is 17.9. The second-order valence-corrected chi connectivity index (χ2v) is 6.11. The summed E-state index contributed by atoms with van der Waals surface area (Å²) in [5.41, 5.74) is 0.837. The zero-order valence-electron chi connectivity index (χ0n) is 9.72. The van der Waals surface area contributed by atoms with E-state index in [1.165, 1.54) is 25.3 Å². The van der Waals surface area contributed by atoms with Gasteiger partial charge in [-0.15, -0.1) is 0 Å². The van der Waals surface area contributed by atoms with E-state index in [0.29, 0.717) is 6.04 Å². The number of nitrogens with two attached hydrogens (primary N) is 1. The molecule has 0 spiro atoms. The predicted molar refractivity (Wildman–Crippen MR) is 68.3 cm³/mol. The third-order valence-electron chi connectivity index (χ3n) is 3.14. The first-order valence-electron chi connectivity index (χ1n) is 5.95. The van der Waals surface area contributed by atoms with Crippen molar-refractivity contribution < 1.29 is 8.42 Å². The summed E-state index contributed by atoms with van der Waals surface area (Å²) in [5, 5.41) is 8.48. The molecule has 3 N–H and O–H groups in total. The largest absolute Gasteiger partial charge is 0.382 e. The summed E-state index contributed by atoms with van der Waals surface area (Å²) >= 11 is 0. The Kier molecular flexibility index (Phi) is 3.69. The Balaban J connectivity index is 2.11. The minimum absolute atomic E-state index is 0.165. The van der Waals surface area contributed by atoms with E-state index < -0.39 is 10.0 Å². The van der Waals surface area contributed by atoms with Crippen LogP contribution in [0.3, 0.4) is 0 Å². The van der Waals surface area contributed by atoms with Crippen molar-refractivity contribution in [1.29, 1.82) is 0 Å². The third kappa shape index (κ3) is 3.44. The predicted octanol–water partition coefficient (Wildman–Crippen LogP) is 2.08. The monoisotopic (exact) mass is 254 g/mol. The van der Waals surface area contributed by atoms with Gasteiger partial charge in [-0.25, -0.2) is 13.6 Å². The Morgan fingerprint density at radius 3 is 2.53 bits per heavy atom. The minimum Gasteiger partial charge on any atom is -0.382 e. The van der Waals surface area contributed by atoms with Gasteiger partial charge in [-0.1, -0.05) is 25.3 Å². The number of primary sulfonamides is 1. The summed E-state index contributed by atoms with van der Waals surface area (Å²) in [5.74, 6) is 0. The van der Waals surface area contributed by atoms with Crippen LogP contribution in [-0.4, -0.2) is 14.5 Å². The highest BCUT2D eigenvalue weighted by molar-refractivity contribution is 7.89. The van der Waals surface area contributed by atoms with Gasteiger partial charge in [0.15, 0.2) is 0 Å². The molecule has 1 aliphatic carbocycles. The van der Waals surface area contributed by atoms with E-state index >= 15 is 0 Å². The maximum absolute atomic E-state index is 11.2. The smallest absolute Gasteiger partial charge is 0.238 e. The number of sulfonamides is 1. The van der Waals surface area contributed by atoms with Gasteiger partial charge in [-0.3, -0.25) is 0 Å². The van der Waals surface area contributed by atoms with Crippen molar-refractivity contribution in [3.63, 3.8) is 0 Å². The molecule has 4 nitrogen and oxygen atoms in total. The van der Waals surface area contributed by atoms with Crippen LogP contribution in [-0.2, 0) is 10.0 Å². The third-order valence-corrected chi connectivity index (χ3v) is 4.05. The molecule has 0 amide bonds. The van der Waals surface area contributed by atoms with Crippen LogP contribution < -0.4 is 10.5 Å². The van der Waals surface area contributed by atoms with Crippen molar-refractivity contribution >= 4 is 15.7 Å². The topological polar surface area (TPSA) is 72.2 Å². The number of hydrogen-bond acceptors (Lipinski definition) is 3. The van der Waals surface area contributed by atoms with Gasteiger partial charge in [0, 0.05) is 11.7 Å². The number of anilines is 1. The Hall–Kier alpha value is -1.07. The van der Waals surface area contributed by atoms with Gasteiger partial charge >= 0.3 is 0 Å². The lowest BCUT2D eigenvalue weighted by Gasteiger charge is -2.24. The van der Waals surface area contributed by atoms with E-state index in [0.717, 1.165) is 18.5 Å². The van der Waals surface area contributed by atoms with Crippen LogP contribution in [0.15, 0.2) is 29.2 Å². The molecular formula is C12H18N2O2S. The maximum atomic E-state index is 11.2. The van der Waals surface area contributed by atoms with Crippen LogP contribution in [0.25, 0.3) is 0 Å². The van der Waals surface area contributed by atoms with Crippen LogP contribution in [0, 0.1) is 0 Å². The first-order chi connectivity index (χ1) is 8.05. The summed E-state index contributed by atoms with van der Waals surface area (Å²) < 4.78 is 22.5. The molecule has 0 radical (unpaired) electrons. The van der Waals surface area contributed by atoms with Crippen molar-refractivity contribution in [3.8, 4) is 0 Å². The second kappa shape index (κ2) is 5.06. The highest BCUT2D eigenvalue weighted by atomic mass is 32.2. The average Bonchev–Trinajstić information content (AvgIpc) is 2.29. The minimum atomic E-state index is -3.61. The summed E-state index contributed by atoms with van der Waals surface area (Å²) in [7, 11) is -3.61. The fraction of sp³-hybridized carbons (Fsp3) is 0.500. The number of nitrogens with one attached hydrogen (secondary N) is 1. The SMILES string of the molecule is NS(=O)(=O)c1cccc(NC2CCCCC2)c1. The van der Waals surface area contributed by atoms with Crippen LogP contribution in [0.2, 0.25) is 0 Å². The number of benzene rings is 1. The van der Waals surface area contributed by atoms with Crippen molar-refractivity contribution in [2.75, 3.05) is 5.32 Å². The standard InChI is InChI=1S/C12H18N2O2S/c13-17(15,16)12-8-4-7-11(9-12)14-10-5-2-1-3-6-10/h4,7-10,14H,1-3,5-6H2,(H2,13,15,16). The Labute approximate surface area is 102 Å². The van der Waals surface area contributed by atoms with E-state index in [9.17, 15) is 8.42 Å². The van der Waals surface area contributed by atoms with Gasteiger partial charge in [-0.05, 0) is 31.0 Å². The Bertz CT molecular complexity index is 479. The van der Waals surface area contributed by atoms with Gasteiger partial charge in [0.25, 0.3) is 0 Å². The van der Waals surface area contributed by atoms with Crippen molar-refractivity contribution in [2.24, 2.45) is 5.14 Å². The zero-order valence-corrected chi connectivity index (χ0v) is 10.5. The molecule has 5 heteroatoms.